The first-order chi connectivity index (χ1) is 10.2. The van der Waals surface area contributed by atoms with Crippen LogP contribution in [-0.2, 0) is 0 Å². The third-order valence-corrected chi connectivity index (χ3v) is 3.66. The summed E-state index contributed by atoms with van der Waals surface area (Å²) in [4.78, 5) is 0. The number of hydrogen-bond donors (Lipinski definition) is 4. The molecule has 1 aromatic carbocycles. The molecule has 7 N–H and O–H groups in total. The standard InChI is InChI=1S/C16H19ClN4/c17-15-13(4-3-11(9-19)7-8-18)5-6-14(16(15)20)21-10-12-1-2-12/h5-9,12,21H,1-2,10,18-20H2/b8-7-,11-9-. The van der Waals surface area contributed by atoms with E-state index in [0.29, 0.717) is 21.8 Å². The number of halogens is 1. The molecule has 0 aliphatic heterocycles. The molecule has 1 fully saturated rings. The molecule has 1 aromatic rings. The smallest absolute Gasteiger partial charge is 0.0813 e. The van der Waals surface area contributed by atoms with Gasteiger partial charge in [-0.25, -0.2) is 0 Å². The maximum atomic E-state index is 6.27. The molecule has 0 atom stereocenters. The largest absolute Gasteiger partial charge is 0.405 e. The van der Waals surface area contributed by atoms with Crippen molar-refractivity contribution in [1.82, 2.24) is 0 Å². The third-order valence-electron chi connectivity index (χ3n) is 3.25. The Labute approximate surface area is 130 Å². The number of hydrogen-bond acceptors (Lipinski definition) is 4. The topological polar surface area (TPSA) is 90.1 Å². The summed E-state index contributed by atoms with van der Waals surface area (Å²) < 4.78 is 0. The molecule has 1 saturated carbocycles. The van der Waals surface area contributed by atoms with Crippen molar-refractivity contribution in [3.8, 4) is 11.8 Å². The first-order valence-corrected chi connectivity index (χ1v) is 7.17. The van der Waals surface area contributed by atoms with Crippen LogP contribution in [0.4, 0.5) is 11.4 Å². The fourth-order valence-electron chi connectivity index (χ4n) is 1.80. The van der Waals surface area contributed by atoms with Gasteiger partial charge in [0, 0.05) is 23.9 Å². The molecule has 4 nitrogen and oxygen atoms in total. The average Bonchev–Trinajstić information content (AvgIpc) is 3.30. The number of rotatable bonds is 4. The van der Waals surface area contributed by atoms with Crippen LogP contribution in [0.2, 0.25) is 5.02 Å². The van der Waals surface area contributed by atoms with Gasteiger partial charge in [0.05, 0.1) is 16.4 Å². The van der Waals surface area contributed by atoms with Crippen LogP contribution < -0.4 is 22.5 Å². The Morgan fingerprint density at radius 1 is 1.38 bits per heavy atom. The molecule has 21 heavy (non-hydrogen) atoms. The van der Waals surface area contributed by atoms with E-state index in [1.54, 1.807) is 6.08 Å². The highest BCUT2D eigenvalue weighted by molar-refractivity contribution is 6.35. The van der Waals surface area contributed by atoms with Crippen LogP contribution in [0.1, 0.15) is 18.4 Å². The van der Waals surface area contributed by atoms with E-state index in [0.717, 1.165) is 18.2 Å². The fraction of sp³-hybridized carbons (Fsp3) is 0.250. The zero-order valence-corrected chi connectivity index (χ0v) is 12.5. The van der Waals surface area contributed by atoms with Crippen LogP contribution in [0.5, 0.6) is 0 Å². The normalized spacial score (nSPS) is 14.8. The highest BCUT2D eigenvalue weighted by Gasteiger charge is 2.21. The van der Waals surface area contributed by atoms with E-state index in [-0.39, 0.29) is 0 Å². The number of nitrogens with two attached hydrogens (primary N) is 3. The van der Waals surface area contributed by atoms with Crippen molar-refractivity contribution in [2.24, 2.45) is 17.4 Å². The summed E-state index contributed by atoms with van der Waals surface area (Å²) in [5.41, 5.74) is 19.5. The molecule has 110 valence electrons. The Hall–Kier alpha value is -2.25. The van der Waals surface area contributed by atoms with Gasteiger partial charge in [-0.2, -0.15) is 0 Å². The lowest BCUT2D eigenvalue weighted by Gasteiger charge is -2.11. The Kier molecular flexibility index (Phi) is 5.02. The summed E-state index contributed by atoms with van der Waals surface area (Å²) in [5.74, 6) is 6.61. The van der Waals surface area contributed by atoms with Gasteiger partial charge in [0.1, 0.15) is 0 Å². The molecular formula is C16H19ClN4. The molecule has 0 unspecified atom stereocenters. The van der Waals surface area contributed by atoms with Crippen LogP contribution in [0, 0.1) is 17.8 Å². The summed E-state index contributed by atoms with van der Waals surface area (Å²) in [5, 5.41) is 3.78. The first kappa shape index (κ1) is 15.1. The van der Waals surface area contributed by atoms with Crippen molar-refractivity contribution in [1.29, 1.82) is 0 Å². The number of anilines is 2. The van der Waals surface area contributed by atoms with Gasteiger partial charge in [-0.15, -0.1) is 0 Å². The van der Waals surface area contributed by atoms with Gasteiger partial charge in [0.2, 0.25) is 0 Å². The van der Waals surface area contributed by atoms with Gasteiger partial charge < -0.3 is 22.5 Å². The lowest BCUT2D eigenvalue weighted by molar-refractivity contribution is 0.890. The van der Waals surface area contributed by atoms with Gasteiger partial charge in [-0.05, 0) is 43.2 Å². The molecule has 0 amide bonds. The van der Waals surface area contributed by atoms with Crippen molar-refractivity contribution in [2.75, 3.05) is 17.6 Å². The van der Waals surface area contributed by atoms with Crippen molar-refractivity contribution < 1.29 is 0 Å². The lowest BCUT2D eigenvalue weighted by Crippen LogP contribution is -2.06. The van der Waals surface area contributed by atoms with E-state index in [4.69, 9.17) is 28.8 Å². The van der Waals surface area contributed by atoms with E-state index in [1.165, 1.54) is 25.2 Å². The highest BCUT2D eigenvalue weighted by Crippen LogP contribution is 2.33. The summed E-state index contributed by atoms with van der Waals surface area (Å²) >= 11 is 6.27. The lowest BCUT2D eigenvalue weighted by atomic mass is 10.1. The van der Waals surface area contributed by atoms with E-state index in [2.05, 4.69) is 17.2 Å². The van der Waals surface area contributed by atoms with E-state index in [9.17, 15) is 0 Å². The molecule has 1 aliphatic rings. The number of nitrogen functional groups attached to an aromatic ring is 1. The van der Waals surface area contributed by atoms with Gasteiger partial charge in [0.15, 0.2) is 0 Å². The Morgan fingerprint density at radius 2 is 2.14 bits per heavy atom. The Balaban J connectivity index is 2.17. The van der Waals surface area contributed by atoms with Crippen molar-refractivity contribution in [3.63, 3.8) is 0 Å². The maximum Gasteiger partial charge on any atom is 0.0813 e. The van der Waals surface area contributed by atoms with Crippen LogP contribution in [0.15, 0.2) is 36.2 Å². The molecule has 0 radical (unpaired) electrons. The van der Waals surface area contributed by atoms with Crippen LogP contribution in [-0.4, -0.2) is 6.54 Å². The zero-order valence-electron chi connectivity index (χ0n) is 11.7. The minimum Gasteiger partial charge on any atom is -0.405 e. The fourth-order valence-corrected chi connectivity index (χ4v) is 2.01. The highest BCUT2D eigenvalue weighted by atomic mass is 35.5. The van der Waals surface area contributed by atoms with E-state index in [1.807, 2.05) is 12.1 Å². The minimum atomic E-state index is 0.455. The quantitative estimate of drug-likeness (QED) is 0.390. The Morgan fingerprint density at radius 3 is 2.76 bits per heavy atom. The van der Waals surface area contributed by atoms with Crippen molar-refractivity contribution >= 4 is 23.0 Å². The third kappa shape index (κ3) is 4.11. The van der Waals surface area contributed by atoms with Crippen molar-refractivity contribution in [3.05, 3.63) is 46.8 Å². The summed E-state index contributed by atoms with van der Waals surface area (Å²) in [6, 6.07) is 3.75. The molecule has 0 saturated heterocycles. The zero-order chi connectivity index (χ0) is 15.2. The second kappa shape index (κ2) is 6.96. The molecule has 0 bridgehead atoms. The van der Waals surface area contributed by atoms with Crippen LogP contribution in [0.3, 0.4) is 0 Å². The SMILES string of the molecule is N/C=C\C(C#Cc1ccc(NCC2CC2)c(N)c1Cl)=C/N. The summed E-state index contributed by atoms with van der Waals surface area (Å²) in [6.07, 6.45) is 6.96. The van der Waals surface area contributed by atoms with Crippen LogP contribution >= 0.6 is 11.6 Å². The van der Waals surface area contributed by atoms with Gasteiger partial charge >= 0.3 is 0 Å². The Bertz CT molecular complexity index is 634. The second-order valence-electron chi connectivity index (χ2n) is 4.94. The van der Waals surface area contributed by atoms with Gasteiger partial charge in [-0.3, -0.25) is 0 Å². The number of allylic oxidation sites excluding steroid dienone is 2. The maximum absolute atomic E-state index is 6.27. The van der Waals surface area contributed by atoms with Crippen molar-refractivity contribution in [2.45, 2.75) is 12.8 Å². The molecule has 2 rings (SSSR count). The predicted octanol–water partition coefficient (Wildman–Crippen LogP) is 2.41. The first-order valence-electron chi connectivity index (χ1n) is 6.79. The van der Waals surface area contributed by atoms with E-state index >= 15 is 0 Å². The monoisotopic (exact) mass is 302 g/mol. The minimum absolute atomic E-state index is 0.455. The van der Waals surface area contributed by atoms with Crippen LogP contribution in [0.25, 0.3) is 0 Å². The predicted molar refractivity (Wildman–Crippen MR) is 89.6 cm³/mol. The second-order valence-corrected chi connectivity index (χ2v) is 5.32. The number of nitrogens with one attached hydrogen (secondary N) is 1. The number of benzene rings is 1. The molecule has 0 aromatic heterocycles. The molecule has 1 aliphatic carbocycles. The molecule has 0 spiro atoms. The summed E-state index contributed by atoms with van der Waals surface area (Å²) in [6.45, 7) is 0.937. The van der Waals surface area contributed by atoms with Gasteiger partial charge in [0.25, 0.3) is 0 Å². The molecular weight excluding hydrogens is 284 g/mol. The summed E-state index contributed by atoms with van der Waals surface area (Å²) in [7, 11) is 0. The molecule has 0 heterocycles. The van der Waals surface area contributed by atoms with E-state index < -0.39 is 0 Å². The average molecular weight is 303 g/mol. The van der Waals surface area contributed by atoms with Gasteiger partial charge in [-0.1, -0.05) is 23.4 Å². The molecule has 5 heteroatoms.